The normalized spacial score (nSPS) is 23.7. The van der Waals surface area contributed by atoms with Gasteiger partial charge in [-0.25, -0.2) is 0 Å². The lowest BCUT2D eigenvalue weighted by molar-refractivity contribution is 0.489. The van der Waals surface area contributed by atoms with E-state index >= 15 is 0 Å². The third kappa shape index (κ3) is 3.18. The van der Waals surface area contributed by atoms with E-state index in [2.05, 4.69) is 72.8 Å². The van der Waals surface area contributed by atoms with Crippen molar-refractivity contribution in [3.63, 3.8) is 0 Å². The molecule has 4 heteroatoms. The lowest BCUT2D eigenvalue weighted by atomic mass is 9.98. The largest absolute Gasteiger partial charge is 0.469 e. The molecule has 150 valence electrons. The molecule has 0 amide bonds. The Morgan fingerprint density at radius 2 is 1.00 bits per heavy atom. The number of fused-ring (bicyclic) bond motifs is 6. The second-order valence-electron chi connectivity index (χ2n) is 7.95. The van der Waals surface area contributed by atoms with Crippen LogP contribution < -0.4 is 10.6 Å². The average Bonchev–Trinajstić information content (AvgIpc) is 2.82. The number of benzene rings is 2. The van der Waals surface area contributed by atoms with Crippen molar-refractivity contribution in [2.75, 3.05) is 12.3 Å². The van der Waals surface area contributed by atoms with Gasteiger partial charge >= 0.3 is 0 Å². The lowest BCUT2D eigenvalue weighted by Crippen LogP contribution is -2.22. The Bertz CT molecular complexity index is 1040. The average molecular weight is 430 g/mol. The molecule has 6 rings (SSSR count). The molecule has 4 aliphatic rings. The predicted molar refractivity (Wildman–Crippen MR) is 128 cm³/mol. The Morgan fingerprint density at radius 1 is 0.567 bits per heavy atom. The third-order valence-electron chi connectivity index (χ3n) is 6.07. The van der Waals surface area contributed by atoms with Crippen molar-refractivity contribution in [1.82, 2.24) is 0 Å². The quantitative estimate of drug-likeness (QED) is 0.510. The van der Waals surface area contributed by atoms with E-state index in [9.17, 15) is 0 Å². The van der Waals surface area contributed by atoms with Gasteiger partial charge in [-0.2, -0.15) is 0 Å². The summed E-state index contributed by atoms with van der Waals surface area (Å²) in [6, 6.07) is 17.7. The molecule has 0 spiro atoms. The topological polar surface area (TPSA) is 18.5 Å². The molecule has 30 heavy (non-hydrogen) atoms. The fraction of sp³-hybridized carbons (Fsp3) is 0.231. The summed E-state index contributed by atoms with van der Waals surface area (Å²) in [4.78, 5) is 0. The van der Waals surface area contributed by atoms with E-state index < -0.39 is 16.3 Å². The van der Waals surface area contributed by atoms with Gasteiger partial charge in [0.2, 0.25) is 0 Å². The van der Waals surface area contributed by atoms with Crippen LogP contribution in [0.1, 0.15) is 36.8 Å². The number of rotatable bonds is 3. The van der Waals surface area contributed by atoms with Crippen molar-refractivity contribution < 1.29 is 9.05 Å². The van der Waals surface area contributed by atoms with Gasteiger partial charge in [0.05, 0.1) is 0 Å². The maximum Gasteiger partial charge on any atom is 0.127 e. The molecule has 0 fully saturated rings. The molecular formula is C26H24O2P2. The summed E-state index contributed by atoms with van der Waals surface area (Å²) in [5.41, 5.74) is 5.34. The molecule has 0 bridgehead atoms. The van der Waals surface area contributed by atoms with Crippen LogP contribution >= 0.6 is 16.3 Å². The molecule has 2 atom stereocenters. The Balaban J connectivity index is 1.30. The highest BCUT2D eigenvalue weighted by Gasteiger charge is 2.33. The number of hydrogen-bond donors (Lipinski definition) is 0. The zero-order valence-electron chi connectivity index (χ0n) is 16.9. The first-order valence-corrected chi connectivity index (χ1v) is 13.7. The van der Waals surface area contributed by atoms with Crippen molar-refractivity contribution in [2.45, 2.75) is 25.7 Å². The van der Waals surface area contributed by atoms with Crippen LogP contribution in [0.4, 0.5) is 0 Å². The minimum Gasteiger partial charge on any atom is -0.469 e. The lowest BCUT2D eigenvalue weighted by Gasteiger charge is -2.34. The standard InChI is InChI=1S/C26H24O2P2/c1-5-13-23-19(9-1)21-11-3-7-15-25(21)29(27-23)17-18-30-26-16-8-4-12-22(26)20-10-2-6-14-24(20)28-30/h3-4,7-16H,1-2,5-6,17-18H2. The summed E-state index contributed by atoms with van der Waals surface area (Å²) in [5.74, 6) is 2.20. The molecule has 0 radical (unpaired) electrons. The van der Waals surface area contributed by atoms with E-state index in [1.807, 2.05) is 0 Å². The fourth-order valence-electron chi connectivity index (χ4n) is 4.65. The van der Waals surface area contributed by atoms with Gasteiger partial charge in [-0.05, 0) is 49.0 Å². The predicted octanol–water partition coefficient (Wildman–Crippen LogP) is 6.61. The summed E-state index contributed by atoms with van der Waals surface area (Å²) in [6.07, 6.45) is 15.7. The zero-order chi connectivity index (χ0) is 19.9. The summed E-state index contributed by atoms with van der Waals surface area (Å²) in [7, 11) is -1.34. The summed E-state index contributed by atoms with van der Waals surface area (Å²) < 4.78 is 13.2. The molecule has 2 unspecified atom stereocenters. The highest BCUT2D eigenvalue weighted by atomic mass is 31.1. The van der Waals surface area contributed by atoms with E-state index in [0.717, 1.165) is 49.5 Å². The van der Waals surface area contributed by atoms with Gasteiger partial charge < -0.3 is 9.05 Å². The van der Waals surface area contributed by atoms with Gasteiger partial charge in [0.15, 0.2) is 0 Å². The third-order valence-corrected chi connectivity index (χ3v) is 10.4. The summed E-state index contributed by atoms with van der Waals surface area (Å²) >= 11 is 0. The second-order valence-corrected chi connectivity index (χ2v) is 11.7. The second kappa shape index (κ2) is 7.84. The van der Waals surface area contributed by atoms with Gasteiger partial charge in [-0.3, -0.25) is 0 Å². The Labute approximate surface area is 180 Å². The SMILES string of the molecule is C1=C2OP(CCP3OC4=CCCC=C4c4ccccc43)c3ccccc3C2=CCC1. The maximum atomic E-state index is 6.59. The van der Waals surface area contributed by atoms with Crippen LogP contribution in [-0.2, 0) is 9.05 Å². The molecule has 2 aromatic rings. The van der Waals surface area contributed by atoms with Crippen LogP contribution in [0.15, 0.2) is 84.4 Å². The molecular weight excluding hydrogens is 406 g/mol. The molecule has 0 saturated heterocycles. The molecule has 0 N–H and O–H groups in total. The van der Waals surface area contributed by atoms with Crippen LogP contribution in [0.25, 0.3) is 11.1 Å². The molecule has 2 nitrogen and oxygen atoms in total. The van der Waals surface area contributed by atoms with Crippen molar-refractivity contribution in [1.29, 1.82) is 0 Å². The summed E-state index contributed by atoms with van der Waals surface area (Å²) in [5, 5.41) is 2.77. The van der Waals surface area contributed by atoms with Crippen LogP contribution in [0, 0.1) is 0 Å². The summed E-state index contributed by atoms with van der Waals surface area (Å²) in [6.45, 7) is 0. The Kier molecular flexibility index (Phi) is 4.87. The van der Waals surface area contributed by atoms with E-state index in [1.54, 1.807) is 0 Å². The van der Waals surface area contributed by atoms with Crippen LogP contribution in [-0.4, -0.2) is 12.3 Å². The van der Waals surface area contributed by atoms with E-state index in [0.29, 0.717) is 0 Å². The first kappa shape index (κ1) is 18.6. The fourth-order valence-corrected chi connectivity index (χ4v) is 9.22. The van der Waals surface area contributed by atoms with Gasteiger partial charge in [0.25, 0.3) is 0 Å². The van der Waals surface area contributed by atoms with Crippen molar-refractivity contribution in [2.24, 2.45) is 0 Å². The van der Waals surface area contributed by atoms with Gasteiger partial charge in [-0.1, -0.05) is 60.7 Å². The smallest absolute Gasteiger partial charge is 0.127 e. The highest BCUT2D eigenvalue weighted by molar-refractivity contribution is 7.65. The van der Waals surface area contributed by atoms with Gasteiger partial charge in [0, 0.05) is 34.1 Å². The van der Waals surface area contributed by atoms with E-state index in [1.165, 1.54) is 32.9 Å². The number of hydrogen-bond acceptors (Lipinski definition) is 2. The van der Waals surface area contributed by atoms with E-state index in [4.69, 9.17) is 9.05 Å². The van der Waals surface area contributed by atoms with E-state index in [-0.39, 0.29) is 0 Å². The van der Waals surface area contributed by atoms with Crippen LogP contribution in [0.2, 0.25) is 0 Å². The van der Waals surface area contributed by atoms with Crippen molar-refractivity contribution in [3.8, 4) is 0 Å². The number of allylic oxidation sites excluding steroid dienone is 6. The van der Waals surface area contributed by atoms with Crippen molar-refractivity contribution >= 4 is 38.1 Å². The minimum atomic E-state index is -0.672. The molecule has 2 aromatic carbocycles. The van der Waals surface area contributed by atoms with Gasteiger partial charge in [-0.15, -0.1) is 0 Å². The van der Waals surface area contributed by atoms with Crippen molar-refractivity contribution in [3.05, 3.63) is 95.5 Å². The minimum absolute atomic E-state index is 0.672. The monoisotopic (exact) mass is 430 g/mol. The molecule has 2 aliphatic carbocycles. The Morgan fingerprint density at radius 3 is 1.50 bits per heavy atom. The Hall–Kier alpha value is -2.14. The molecule has 2 heterocycles. The van der Waals surface area contributed by atoms with Crippen LogP contribution in [0.5, 0.6) is 0 Å². The molecule has 2 aliphatic heterocycles. The highest BCUT2D eigenvalue weighted by Crippen LogP contribution is 2.54. The zero-order valence-corrected chi connectivity index (χ0v) is 18.7. The first-order chi connectivity index (χ1) is 14.9. The van der Waals surface area contributed by atoms with Crippen LogP contribution in [0.3, 0.4) is 0 Å². The first-order valence-electron chi connectivity index (χ1n) is 10.8. The molecule has 0 saturated carbocycles. The van der Waals surface area contributed by atoms with Gasteiger partial charge in [0.1, 0.15) is 27.8 Å². The molecule has 0 aromatic heterocycles. The maximum absolute atomic E-state index is 6.59.